The van der Waals surface area contributed by atoms with Crippen molar-refractivity contribution in [2.24, 2.45) is 0 Å². The summed E-state index contributed by atoms with van der Waals surface area (Å²) in [6.45, 7) is 6.91. The fourth-order valence-corrected chi connectivity index (χ4v) is 1.98. The zero-order chi connectivity index (χ0) is 11.1. The van der Waals surface area contributed by atoms with E-state index in [0.29, 0.717) is 6.61 Å². The minimum Gasteiger partial charge on any atom is -0.508 e. The molecule has 0 spiro atoms. The minimum absolute atomic E-state index is 0. The lowest BCUT2D eigenvalue weighted by Crippen LogP contribution is -2.44. The van der Waals surface area contributed by atoms with Crippen LogP contribution in [0.4, 0.5) is 0 Å². The molecular weight excluding hydrogens is 226 g/mol. The SMILES string of the molecule is CC1(C)COC(C)(c2ccc(O)cc2)N1.Cl. The maximum Gasteiger partial charge on any atom is 0.143 e. The Morgan fingerprint density at radius 1 is 1.19 bits per heavy atom. The topological polar surface area (TPSA) is 41.5 Å². The van der Waals surface area contributed by atoms with E-state index in [2.05, 4.69) is 19.2 Å². The van der Waals surface area contributed by atoms with E-state index < -0.39 is 5.72 Å². The Labute approximate surface area is 102 Å². The quantitative estimate of drug-likeness (QED) is 0.796. The molecule has 1 aromatic rings. The van der Waals surface area contributed by atoms with Crippen molar-refractivity contribution in [3.63, 3.8) is 0 Å². The molecule has 0 aromatic heterocycles. The first-order valence-electron chi connectivity index (χ1n) is 5.14. The molecule has 0 saturated carbocycles. The van der Waals surface area contributed by atoms with E-state index >= 15 is 0 Å². The number of ether oxygens (including phenoxy) is 1. The van der Waals surface area contributed by atoms with Gasteiger partial charge in [0.2, 0.25) is 0 Å². The van der Waals surface area contributed by atoms with Crippen molar-refractivity contribution < 1.29 is 9.84 Å². The van der Waals surface area contributed by atoms with E-state index in [1.54, 1.807) is 12.1 Å². The fourth-order valence-electron chi connectivity index (χ4n) is 1.98. The number of phenolic OH excluding ortho intramolecular Hbond substituents is 1. The van der Waals surface area contributed by atoms with Crippen LogP contribution in [0.3, 0.4) is 0 Å². The van der Waals surface area contributed by atoms with Gasteiger partial charge in [-0.1, -0.05) is 12.1 Å². The number of phenols is 1. The van der Waals surface area contributed by atoms with Crippen molar-refractivity contribution in [3.8, 4) is 5.75 Å². The molecule has 1 fully saturated rings. The smallest absolute Gasteiger partial charge is 0.143 e. The second-order valence-electron chi connectivity index (χ2n) is 4.88. The molecule has 2 N–H and O–H groups in total. The Bertz CT molecular complexity index is 364. The average molecular weight is 244 g/mol. The summed E-state index contributed by atoms with van der Waals surface area (Å²) in [5.74, 6) is 0.277. The highest BCUT2D eigenvalue weighted by atomic mass is 35.5. The molecule has 3 nitrogen and oxygen atoms in total. The van der Waals surface area contributed by atoms with Crippen LogP contribution < -0.4 is 5.32 Å². The zero-order valence-electron chi connectivity index (χ0n) is 9.78. The molecule has 0 bridgehead atoms. The Hall–Kier alpha value is -0.770. The van der Waals surface area contributed by atoms with E-state index in [4.69, 9.17) is 4.74 Å². The van der Waals surface area contributed by atoms with Crippen molar-refractivity contribution in [1.82, 2.24) is 5.32 Å². The van der Waals surface area contributed by atoms with Gasteiger partial charge < -0.3 is 9.84 Å². The molecule has 16 heavy (non-hydrogen) atoms. The fraction of sp³-hybridized carbons (Fsp3) is 0.500. The van der Waals surface area contributed by atoms with Crippen molar-refractivity contribution in [2.75, 3.05) is 6.61 Å². The molecule has 2 rings (SSSR count). The highest BCUT2D eigenvalue weighted by molar-refractivity contribution is 5.85. The third-order valence-corrected chi connectivity index (χ3v) is 2.72. The predicted octanol–water partition coefficient (Wildman–Crippen LogP) is 2.39. The summed E-state index contributed by atoms with van der Waals surface area (Å²) in [5.41, 5.74) is 0.579. The van der Waals surface area contributed by atoms with Gasteiger partial charge in [-0.05, 0) is 38.5 Å². The first-order chi connectivity index (χ1) is 6.91. The van der Waals surface area contributed by atoms with Gasteiger partial charge >= 0.3 is 0 Å². The Morgan fingerprint density at radius 3 is 2.19 bits per heavy atom. The van der Waals surface area contributed by atoms with Crippen LogP contribution in [-0.4, -0.2) is 17.3 Å². The van der Waals surface area contributed by atoms with Crippen LogP contribution >= 0.6 is 12.4 Å². The molecule has 1 atom stereocenters. The van der Waals surface area contributed by atoms with E-state index in [9.17, 15) is 5.11 Å². The monoisotopic (exact) mass is 243 g/mol. The Morgan fingerprint density at radius 2 is 1.75 bits per heavy atom. The van der Waals surface area contributed by atoms with Crippen LogP contribution in [0.2, 0.25) is 0 Å². The highest BCUT2D eigenvalue weighted by Crippen LogP contribution is 2.32. The Balaban J connectivity index is 0.00000128. The van der Waals surface area contributed by atoms with E-state index in [0.717, 1.165) is 5.56 Å². The van der Waals surface area contributed by atoms with E-state index in [-0.39, 0.29) is 23.7 Å². The first-order valence-corrected chi connectivity index (χ1v) is 5.14. The molecule has 1 heterocycles. The number of nitrogens with one attached hydrogen (secondary N) is 1. The summed E-state index contributed by atoms with van der Waals surface area (Å²) in [4.78, 5) is 0. The number of hydrogen-bond donors (Lipinski definition) is 2. The summed E-state index contributed by atoms with van der Waals surface area (Å²) in [5, 5.41) is 12.7. The lowest BCUT2D eigenvalue weighted by molar-refractivity contribution is 0.00216. The molecule has 1 unspecified atom stereocenters. The lowest BCUT2D eigenvalue weighted by Gasteiger charge is -2.27. The van der Waals surface area contributed by atoms with Gasteiger partial charge in [0.15, 0.2) is 0 Å². The van der Waals surface area contributed by atoms with Crippen LogP contribution in [-0.2, 0) is 10.5 Å². The van der Waals surface area contributed by atoms with Gasteiger partial charge in [-0.3, -0.25) is 5.32 Å². The number of aromatic hydroxyl groups is 1. The Kier molecular flexibility index (Phi) is 3.53. The normalized spacial score (nSPS) is 27.4. The van der Waals surface area contributed by atoms with Gasteiger partial charge in [0.25, 0.3) is 0 Å². The molecule has 0 aliphatic carbocycles. The van der Waals surface area contributed by atoms with Gasteiger partial charge in [-0.15, -0.1) is 12.4 Å². The summed E-state index contributed by atoms with van der Waals surface area (Å²) in [6.07, 6.45) is 0. The summed E-state index contributed by atoms with van der Waals surface area (Å²) in [6, 6.07) is 7.11. The number of hydrogen-bond acceptors (Lipinski definition) is 3. The maximum atomic E-state index is 9.22. The standard InChI is InChI=1S/C12H17NO2.ClH/c1-11(2)8-15-12(3,13-11)9-4-6-10(14)7-5-9;/h4-7,13-14H,8H2,1-3H3;1H. The third-order valence-electron chi connectivity index (χ3n) is 2.72. The number of benzene rings is 1. The van der Waals surface area contributed by atoms with Crippen LogP contribution in [0.5, 0.6) is 5.75 Å². The molecule has 1 saturated heterocycles. The largest absolute Gasteiger partial charge is 0.508 e. The molecule has 1 aliphatic rings. The van der Waals surface area contributed by atoms with E-state index in [1.807, 2.05) is 19.1 Å². The number of halogens is 1. The molecule has 1 aliphatic heterocycles. The van der Waals surface area contributed by atoms with Gasteiger partial charge in [-0.25, -0.2) is 0 Å². The van der Waals surface area contributed by atoms with Crippen molar-refractivity contribution in [2.45, 2.75) is 32.0 Å². The third kappa shape index (κ3) is 2.48. The molecule has 90 valence electrons. The lowest BCUT2D eigenvalue weighted by atomic mass is 10.0. The zero-order valence-corrected chi connectivity index (χ0v) is 10.6. The maximum absolute atomic E-state index is 9.22. The van der Waals surface area contributed by atoms with Gasteiger partial charge in [0.05, 0.1) is 6.61 Å². The van der Waals surface area contributed by atoms with Crippen molar-refractivity contribution in [1.29, 1.82) is 0 Å². The molecule has 0 amide bonds. The summed E-state index contributed by atoms with van der Waals surface area (Å²) in [7, 11) is 0. The second-order valence-corrected chi connectivity index (χ2v) is 4.88. The van der Waals surface area contributed by atoms with Crippen LogP contribution in [0.25, 0.3) is 0 Å². The van der Waals surface area contributed by atoms with Crippen LogP contribution in [0.15, 0.2) is 24.3 Å². The highest BCUT2D eigenvalue weighted by Gasteiger charge is 2.41. The second kappa shape index (κ2) is 4.24. The molecular formula is C12H18ClNO2. The van der Waals surface area contributed by atoms with Gasteiger partial charge in [0, 0.05) is 5.54 Å². The van der Waals surface area contributed by atoms with Crippen LogP contribution in [0, 0.1) is 0 Å². The van der Waals surface area contributed by atoms with Crippen molar-refractivity contribution in [3.05, 3.63) is 29.8 Å². The molecule has 0 radical (unpaired) electrons. The first kappa shape index (κ1) is 13.3. The molecule has 1 aromatic carbocycles. The summed E-state index contributed by atoms with van der Waals surface area (Å²) >= 11 is 0. The summed E-state index contributed by atoms with van der Waals surface area (Å²) < 4.78 is 5.79. The van der Waals surface area contributed by atoms with E-state index in [1.165, 1.54) is 0 Å². The minimum atomic E-state index is -0.447. The average Bonchev–Trinajstić information content (AvgIpc) is 2.43. The van der Waals surface area contributed by atoms with Gasteiger partial charge in [0.1, 0.15) is 11.5 Å². The van der Waals surface area contributed by atoms with Crippen molar-refractivity contribution >= 4 is 12.4 Å². The predicted molar refractivity (Wildman–Crippen MR) is 65.9 cm³/mol. The molecule has 4 heteroatoms. The number of rotatable bonds is 1. The van der Waals surface area contributed by atoms with Gasteiger partial charge in [-0.2, -0.15) is 0 Å². The van der Waals surface area contributed by atoms with Crippen LogP contribution in [0.1, 0.15) is 26.3 Å².